The highest BCUT2D eigenvalue weighted by Crippen LogP contribution is 2.39. The monoisotopic (exact) mass is 464 g/mol. The van der Waals surface area contributed by atoms with Crippen LogP contribution in [0.3, 0.4) is 0 Å². The van der Waals surface area contributed by atoms with Gasteiger partial charge in [0.15, 0.2) is 0 Å². The predicted molar refractivity (Wildman–Crippen MR) is 118 cm³/mol. The summed E-state index contributed by atoms with van der Waals surface area (Å²) in [6.45, 7) is 1.66. The number of halogens is 3. The van der Waals surface area contributed by atoms with Crippen LogP contribution in [0.2, 0.25) is 0 Å². The Balaban J connectivity index is 1.76. The Morgan fingerprint density at radius 1 is 1.19 bits per heavy atom. The summed E-state index contributed by atoms with van der Waals surface area (Å²) in [6, 6.07) is 4.98. The van der Waals surface area contributed by atoms with Gasteiger partial charge in [0.1, 0.15) is 29.1 Å². The largest absolute Gasteiger partial charge is 0.479 e. The topological polar surface area (TPSA) is 80.2 Å². The molecule has 2 N–H and O–H groups in total. The molecule has 1 atom stereocenters. The fourth-order valence-electron chi connectivity index (χ4n) is 3.85. The van der Waals surface area contributed by atoms with Gasteiger partial charge in [-0.3, -0.25) is 0 Å². The van der Waals surface area contributed by atoms with E-state index in [4.69, 9.17) is 4.74 Å². The molecule has 0 amide bonds. The van der Waals surface area contributed by atoms with E-state index in [1.54, 1.807) is 24.8 Å². The zero-order valence-electron chi connectivity index (χ0n) is 17.6. The maximum absolute atomic E-state index is 14.6. The van der Waals surface area contributed by atoms with E-state index < -0.39 is 29.4 Å². The van der Waals surface area contributed by atoms with Crippen LogP contribution in [-0.2, 0) is 5.60 Å². The molecule has 4 rings (SSSR count). The molecular weight excluding hydrogens is 441 g/mol. The van der Waals surface area contributed by atoms with Crippen molar-refractivity contribution in [1.82, 2.24) is 15.0 Å². The summed E-state index contributed by atoms with van der Waals surface area (Å²) in [7, 11) is 1.47. The highest BCUT2D eigenvalue weighted by atomic mass is 32.2. The molecule has 1 aliphatic heterocycles. The lowest BCUT2D eigenvalue weighted by Gasteiger charge is -2.31. The van der Waals surface area contributed by atoms with Crippen LogP contribution in [0.25, 0.3) is 10.9 Å². The molecule has 32 heavy (non-hydrogen) atoms. The van der Waals surface area contributed by atoms with Gasteiger partial charge in [-0.25, -0.2) is 28.1 Å². The SMILES string of the molecule is COc1nc(C2(O)CCSCC2)cc2c(N[C@H](C)c3cccc(C(F)F)c3F)ncnc12. The van der Waals surface area contributed by atoms with Crippen LogP contribution < -0.4 is 10.1 Å². The van der Waals surface area contributed by atoms with E-state index in [1.165, 1.54) is 25.6 Å². The second kappa shape index (κ2) is 9.11. The lowest BCUT2D eigenvalue weighted by Crippen LogP contribution is -2.31. The van der Waals surface area contributed by atoms with E-state index in [0.717, 1.165) is 17.6 Å². The summed E-state index contributed by atoms with van der Waals surface area (Å²) < 4.78 is 46.3. The molecule has 1 fully saturated rings. The highest BCUT2D eigenvalue weighted by molar-refractivity contribution is 7.99. The lowest BCUT2D eigenvalue weighted by molar-refractivity contribution is 0.0234. The van der Waals surface area contributed by atoms with Gasteiger partial charge in [-0.1, -0.05) is 18.2 Å². The number of benzene rings is 1. The number of nitrogens with zero attached hydrogens (tertiary/aromatic N) is 3. The summed E-state index contributed by atoms with van der Waals surface area (Å²) >= 11 is 1.77. The molecule has 0 bridgehead atoms. The molecule has 3 aromatic rings. The normalized spacial score (nSPS) is 16.8. The zero-order valence-corrected chi connectivity index (χ0v) is 18.4. The maximum atomic E-state index is 14.6. The number of anilines is 1. The second-order valence-corrected chi connectivity index (χ2v) is 8.92. The van der Waals surface area contributed by atoms with E-state index in [1.807, 2.05) is 0 Å². The molecule has 0 saturated carbocycles. The second-order valence-electron chi connectivity index (χ2n) is 7.70. The number of pyridine rings is 1. The number of alkyl halides is 2. The van der Waals surface area contributed by atoms with Crippen LogP contribution in [0.4, 0.5) is 19.0 Å². The number of ether oxygens (including phenoxy) is 1. The van der Waals surface area contributed by atoms with E-state index >= 15 is 0 Å². The van der Waals surface area contributed by atoms with Crippen molar-refractivity contribution in [3.63, 3.8) is 0 Å². The van der Waals surface area contributed by atoms with Crippen LogP contribution in [0.5, 0.6) is 5.88 Å². The minimum Gasteiger partial charge on any atom is -0.479 e. The number of methoxy groups -OCH3 is 1. The van der Waals surface area contributed by atoms with Crippen molar-refractivity contribution in [2.24, 2.45) is 0 Å². The average Bonchev–Trinajstić information content (AvgIpc) is 2.79. The first-order chi connectivity index (χ1) is 15.3. The molecule has 3 heterocycles. The van der Waals surface area contributed by atoms with Gasteiger partial charge in [-0.2, -0.15) is 11.8 Å². The van der Waals surface area contributed by atoms with Gasteiger partial charge in [0.05, 0.1) is 29.8 Å². The Morgan fingerprint density at radius 2 is 1.91 bits per heavy atom. The highest BCUT2D eigenvalue weighted by Gasteiger charge is 2.34. The Kier molecular flexibility index (Phi) is 6.43. The molecule has 170 valence electrons. The lowest BCUT2D eigenvalue weighted by atomic mass is 9.91. The van der Waals surface area contributed by atoms with Gasteiger partial charge in [-0.15, -0.1) is 0 Å². The Bertz CT molecular complexity index is 1130. The smallest absolute Gasteiger partial charge is 0.266 e. The van der Waals surface area contributed by atoms with Gasteiger partial charge in [0, 0.05) is 5.56 Å². The van der Waals surface area contributed by atoms with E-state index in [2.05, 4.69) is 20.3 Å². The summed E-state index contributed by atoms with van der Waals surface area (Å²) in [5.74, 6) is 1.28. The van der Waals surface area contributed by atoms with Crippen molar-refractivity contribution in [3.8, 4) is 5.88 Å². The molecule has 0 aliphatic carbocycles. The van der Waals surface area contributed by atoms with E-state index in [-0.39, 0.29) is 11.4 Å². The van der Waals surface area contributed by atoms with Crippen LogP contribution >= 0.6 is 11.8 Å². The molecule has 0 spiro atoms. The molecule has 1 aliphatic rings. The molecule has 0 radical (unpaired) electrons. The Morgan fingerprint density at radius 3 is 2.59 bits per heavy atom. The molecule has 0 unspecified atom stereocenters. The summed E-state index contributed by atoms with van der Waals surface area (Å²) in [5, 5.41) is 14.8. The number of aliphatic hydroxyl groups is 1. The van der Waals surface area contributed by atoms with Crippen LogP contribution in [-0.4, -0.2) is 38.7 Å². The fraction of sp³-hybridized carbons (Fsp3) is 0.409. The number of thioether (sulfide) groups is 1. The van der Waals surface area contributed by atoms with Gasteiger partial charge in [-0.05, 0) is 37.3 Å². The average molecular weight is 465 g/mol. The fourth-order valence-corrected chi connectivity index (χ4v) is 5.02. The van der Waals surface area contributed by atoms with Crippen LogP contribution in [0, 0.1) is 5.82 Å². The number of rotatable bonds is 6. The summed E-state index contributed by atoms with van der Waals surface area (Å²) in [4.78, 5) is 13.0. The molecular formula is C22H23F3N4O2S. The van der Waals surface area contributed by atoms with Gasteiger partial charge in [0.2, 0.25) is 5.88 Å². The Hall–Kier alpha value is -2.59. The predicted octanol–water partition coefficient (Wildman–Crippen LogP) is 5.00. The summed E-state index contributed by atoms with van der Waals surface area (Å²) in [5.41, 5.74) is -0.758. The van der Waals surface area contributed by atoms with Crippen molar-refractivity contribution >= 4 is 28.5 Å². The van der Waals surface area contributed by atoms with Crippen molar-refractivity contribution in [1.29, 1.82) is 0 Å². The molecule has 10 heteroatoms. The molecule has 1 saturated heterocycles. The van der Waals surface area contributed by atoms with E-state index in [9.17, 15) is 18.3 Å². The summed E-state index contributed by atoms with van der Waals surface area (Å²) in [6.07, 6.45) is -0.483. The third-order valence-electron chi connectivity index (χ3n) is 5.69. The molecule has 1 aromatic carbocycles. The first kappa shape index (κ1) is 22.6. The van der Waals surface area contributed by atoms with Crippen molar-refractivity contribution in [2.45, 2.75) is 37.8 Å². The number of hydrogen-bond acceptors (Lipinski definition) is 7. The van der Waals surface area contributed by atoms with Crippen LogP contribution in [0.15, 0.2) is 30.6 Å². The standard InChI is InChI=1S/C22H23F3N4O2S/c1-12(13-4-3-5-14(17(13)23)19(24)25)28-20-15-10-16(22(30)6-8-32-9-7-22)29-21(31-2)18(15)26-11-27-20/h3-5,10-12,19,30H,6-9H2,1-2H3,(H,26,27,28)/t12-/m1/s1. The third-order valence-corrected chi connectivity index (χ3v) is 6.68. The van der Waals surface area contributed by atoms with Crippen molar-refractivity contribution in [3.05, 3.63) is 53.2 Å². The van der Waals surface area contributed by atoms with E-state index in [0.29, 0.717) is 35.3 Å². The number of hydrogen-bond donors (Lipinski definition) is 2. The number of aromatic nitrogens is 3. The first-order valence-electron chi connectivity index (χ1n) is 10.2. The van der Waals surface area contributed by atoms with Gasteiger partial charge < -0.3 is 15.2 Å². The maximum Gasteiger partial charge on any atom is 0.266 e. The number of nitrogens with one attached hydrogen (secondary N) is 1. The van der Waals surface area contributed by atoms with Gasteiger partial charge in [0.25, 0.3) is 6.43 Å². The third kappa shape index (κ3) is 4.21. The number of fused-ring (bicyclic) bond motifs is 1. The zero-order chi connectivity index (χ0) is 22.9. The minimum absolute atomic E-state index is 0.0961. The van der Waals surface area contributed by atoms with Crippen molar-refractivity contribution < 1.29 is 23.0 Å². The minimum atomic E-state index is -2.91. The quantitative estimate of drug-likeness (QED) is 0.532. The Labute approximate surface area is 187 Å². The molecule has 2 aromatic heterocycles. The van der Waals surface area contributed by atoms with Crippen molar-refractivity contribution in [2.75, 3.05) is 23.9 Å². The van der Waals surface area contributed by atoms with Gasteiger partial charge >= 0.3 is 0 Å². The van der Waals surface area contributed by atoms with Crippen LogP contribution in [0.1, 0.15) is 49.1 Å². The molecule has 6 nitrogen and oxygen atoms in total. The first-order valence-corrected chi connectivity index (χ1v) is 11.3.